The van der Waals surface area contributed by atoms with Crippen LogP contribution < -0.4 is 4.74 Å². The van der Waals surface area contributed by atoms with Gasteiger partial charge in [-0.2, -0.15) is 4.31 Å². The Morgan fingerprint density at radius 1 is 1.00 bits per heavy atom. The van der Waals surface area contributed by atoms with E-state index in [-0.39, 0.29) is 22.5 Å². The SMILES string of the molecule is COc1ccc(C(=O)N2CCCC(c3nnc4n3CCCCC4)C2)cc1S(=O)(=O)N1CCCC1. The van der Waals surface area contributed by atoms with Gasteiger partial charge in [-0.3, -0.25) is 4.79 Å². The summed E-state index contributed by atoms with van der Waals surface area (Å²) in [7, 11) is -2.26. The first kappa shape index (κ1) is 23.3. The Bertz CT molecular complexity index is 1160. The zero-order valence-corrected chi connectivity index (χ0v) is 20.6. The Morgan fingerprint density at radius 3 is 2.59 bits per heavy atom. The lowest BCUT2D eigenvalue weighted by atomic mass is 9.96. The van der Waals surface area contributed by atoms with Crippen LogP contribution in [0.25, 0.3) is 0 Å². The normalized spacial score (nSPS) is 21.8. The molecule has 3 aliphatic heterocycles. The highest BCUT2D eigenvalue weighted by Crippen LogP contribution is 2.32. The van der Waals surface area contributed by atoms with Gasteiger partial charge < -0.3 is 14.2 Å². The van der Waals surface area contributed by atoms with Gasteiger partial charge in [0, 0.05) is 50.6 Å². The molecule has 3 aliphatic rings. The van der Waals surface area contributed by atoms with Crippen LogP contribution >= 0.6 is 0 Å². The third kappa shape index (κ3) is 4.33. The van der Waals surface area contributed by atoms with Gasteiger partial charge in [0.05, 0.1) is 7.11 Å². The number of benzene rings is 1. The number of sulfonamides is 1. The molecule has 1 aromatic carbocycles. The van der Waals surface area contributed by atoms with Crippen molar-refractivity contribution in [3.05, 3.63) is 35.4 Å². The second-order valence-corrected chi connectivity index (χ2v) is 11.4. The quantitative estimate of drug-likeness (QED) is 0.643. The van der Waals surface area contributed by atoms with E-state index in [1.54, 1.807) is 12.1 Å². The van der Waals surface area contributed by atoms with Gasteiger partial charge in [0.2, 0.25) is 10.0 Å². The van der Waals surface area contributed by atoms with Gasteiger partial charge in [0.1, 0.15) is 22.3 Å². The van der Waals surface area contributed by atoms with Crippen LogP contribution in [-0.2, 0) is 23.0 Å². The summed E-state index contributed by atoms with van der Waals surface area (Å²) in [5.74, 6) is 2.30. The number of methoxy groups -OCH3 is 1. The maximum absolute atomic E-state index is 13.5. The van der Waals surface area contributed by atoms with Gasteiger partial charge in [-0.15, -0.1) is 10.2 Å². The predicted molar refractivity (Wildman–Crippen MR) is 126 cm³/mol. The topological polar surface area (TPSA) is 97.6 Å². The van der Waals surface area contributed by atoms with Crippen LogP contribution in [0.3, 0.4) is 0 Å². The molecule has 2 fully saturated rings. The van der Waals surface area contributed by atoms with Gasteiger partial charge in [0.15, 0.2) is 0 Å². The third-order valence-corrected chi connectivity index (χ3v) is 9.23. The first-order valence-electron chi connectivity index (χ1n) is 12.4. The molecule has 0 aliphatic carbocycles. The number of piperidine rings is 1. The molecule has 0 radical (unpaired) electrons. The van der Waals surface area contributed by atoms with E-state index in [0.29, 0.717) is 31.7 Å². The summed E-state index contributed by atoms with van der Waals surface area (Å²) >= 11 is 0. The van der Waals surface area contributed by atoms with Crippen LogP contribution in [0.5, 0.6) is 5.75 Å². The number of carbonyl (C=O) groups is 1. The number of fused-ring (bicyclic) bond motifs is 1. The molecular weight excluding hydrogens is 454 g/mol. The van der Waals surface area contributed by atoms with Gasteiger partial charge in [0.25, 0.3) is 5.91 Å². The fraction of sp³-hybridized carbons (Fsp3) is 0.625. The van der Waals surface area contributed by atoms with Crippen LogP contribution in [0.15, 0.2) is 23.1 Å². The van der Waals surface area contributed by atoms with E-state index in [9.17, 15) is 13.2 Å². The molecular formula is C24H33N5O4S. The number of hydrogen-bond donors (Lipinski definition) is 0. The van der Waals surface area contributed by atoms with E-state index in [1.807, 2.05) is 4.90 Å². The fourth-order valence-corrected chi connectivity index (χ4v) is 7.14. The van der Waals surface area contributed by atoms with Crippen molar-refractivity contribution in [2.24, 2.45) is 0 Å². The van der Waals surface area contributed by atoms with Crippen molar-refractivity contribution >= 4 is 15.9 Å². The predicted octanol–water partition coefficient (Wildman–Crippen LogP) is 2.82. The summed E-state index contributed by atoms with van der Waals surface area (Å²) in [5, 5.41) is 8.96. The van der Waals surface area contributed by atoms with E-state index in [4.69, 9.17) is 4.74 Å². The first-order chi connectivity index (χ1) is 16.5. The Balaban J connectivity index is 1.39. The number of amides is 1. The average molecular weight is 488 g/mol. The molecule has 184 valence electrons. The maximum atomic E-state index is 13.5. The molecule has 9 nitrogen and oxygen atoms in total. The summed E-state index contributed by atoms with van der Waals surface area (Å²) < 4.78 is 35.6. The van der Waals surface area contributed by atoms with Gasteiger partial charge >= 0.3 is 0 Å². The van der Waals surface area contributed by atoms with Crippen molar-refractivity contribution < 1.29 is 17.9 Å². The fourth-order valence-electron chi connectivity index (χ4n) is 5.44. The van der Waals surface area contributed by atoms with Crippen LogP contribution in [-0.4, -0.2) is 71.6 Å². The van der Waals surface area contributed by atoms with E-state index in [2.05, 4.69) is 14.8 Å². The summed E-state index contributed by atoms with van der Waals surface area (Å²) in [4.78, 5) is 15.4. The van der Waals surface area contributed by atoms with E-state index in [1.165, 1.54) is 23.9 Å². The molecule has 1 amide bonds. The summed E-state index contributed by atoms with van der Waals surface area (Å²) in [5.41, 5.74) is 0.374. The van der Waals surface area contributed by atoms with E-state index >= 15 is 0 Å². The minimum absolute atomic E-state index is 0.0686. The lowest BCUT2D eigenvalue weighted by Crippen LogP contribution is -2.40. The number of nitrogens with zero attached hydrogens (tertiary/aromatic N) is 5. The summed E-state index contributed by atoms with van der Waals surface area (Å²) in [6.45, 7) is 3.16. The molecule has 5 rings (SSSR count). The lowest BCUT2D eigenvalue weighted by Gasteiger charge is -2.32. The van der Waals surface area contributed by atoms with E-state index < -0.39 is 10.0 Å². The molecule has 2 aromatic rings. The molecule has 4 heterocycles. The van der Waals surface area contributed by atoms with Crippen molar-refractivity contribution in [2.75, 3.05) is 33.3 Å². The van der Waals surface area contributed by atoms with Crippen molar-refractivity contribution in [3.8, 4) is 5.75 Å². The lowest BCUT2D eigenvalue weighted by molar-refractivity contribution is 0.0702. The van der Waals surface area contributed by atoms with Gasteiger partial charge in [-0.05, 0) is 56.7 Å². The summed E-state index contributed by atoms with van der Waals surface area (Å²) in [6.07, 6.45) is 8.00. The maximum Gasteiger partial charge on any atom is 0.253 e. The smallest absolute Gasteiger partial charge is 0.253 e. The van der Waals surface area contributed by atoms with Crippen LogP contribution in [0.4, 0.5) is 0 Å². The largest absolute Gasteiger partial charge is 0.495 e. The number of likely N-dealkylation sites (tertiary alicyclic amines) is 1. The third-order valence-electron chi connectivity index (χ3n) is 7.31. The molecule has 0 N–H and O–H groups in total. The molecule has 0 bridgehead atoms. The Labute approximate surface area is 201 Å². The van der Waals surface area contributed by atoms with Gasteiger partial charge in [-0.1, -0.05) is 6.42 Å². The van der Waals surface area contributed by atoms with Crippen LogP contribution in [0, 0.1) is 0 Å². The minimum Gasteiger partial charge on any atom is -0.495 e. The molecule has 0 spiro atoms. The van der Waals surface area contributed by atoms with Crippen molar-refractivity contribution in [1.82, 2.24) is 24.0 Å². The highest BCUT2D eigenvalue weighted by molar-refractivity contribution is 7.89. The van der Waals surface area contributed by atoms with Crippen molar-refractivity contribution in [2.45, 2.75) is 68.7 Å². The van der Waals surface area contributed by atoms with E-state index in [0.717, 1.165) is 63.1 Å². The molecule has 34 heavy (non-hydrogen) atoms. The number of ether oxygens (including phenoxy) is 1. The highest BCUT2D eigenvalue weighted by Gasteiger charge is 2.33. The minimum atomic E-state index is -3.71. The van der Waals surface area contributed by atoms with Crippen molar-refractivity contribution in [3.63, 3.8) is 0 Å². The second-order valence-electron chi connectivity index (χ2n) is 9.50. The molecule has 2 saturated heterocycles. The number of hydrogen-bond acceptors (Lipinski definition) is 6. The van der Waals surface area contributed by atoms with Crippen LogP contribution in [0.1, 0.15) is 72.9 Å². The number of aryl methyl sites for hydroxylation is 1. The average Bonchev–Trinajstić information content (AvgIpc) is 3.49. The molecule has 10 heteroatoms. The van der Waals surface area contributed by atoms with Crippen LogP contribution in [0.2, 0.25) is 0 Å². The van der Waals surface area contributed by atoms with Crippen molar-refractivity contribution in [1.29, 1.82) is 0 Å². The molecule has 1 aromatic heterocycles. The Hall–Kier alpha value is -2.46. The number of aromatic nitrogens is 3. The van der Waals surface area contributed by atoms with Gasteiger partial charge in [-0.25, -0.2) is 8.42 Å². The zero-order valence-electron chi connectivity index (χ0n) is 19.8. The Morgan fingerprint density at radius 2 is 1.79 bits per heavy atom. The number of carbonyl (C=O) groups excluding carboxylic acids is 1. The molecule has 1 atom stereocenters. The number of rotatable bonds is 5. The molecule has 1 unspecified atom stereocenters. The second kappa shape index (κ2) is 9.65. The Kier molecular flexibility index (Phi) is 6.61. The monoisotopic (exact) mass is 487 g/mol. The first-order valence-corrected chi connectivity index (χ1v) is 13.8. The molecule has 0 saturated carbocycles. The standard InChI is InChI=1S/C24H33N5O4S/c1-33-20-11-10-18(16-21(20)34(31,32)28-13-5-6-14-28)24(30)27-12-7-8-19(17-27)23-26-25-22-9-3-2-4-15-29(22)23/h10-11,16,19H,2-9,12-15,17H2,1H3. The highest BCUT2D eigenvalue weighted by atomic mass is 32.2. The summed E-state index contributed by atoms with van der Waals surface area (Å²) in [6, 6.07) is 4.74. The zero-order chi connectivity index (χ0) is 23.7.